The van der Waals surface area contributed by atoms with E-state index in [9.17, 15) is 14.9 Å². The maximum Gasteiger partial charge on any atom is 0.291 e. The third-order valence-corrected chi connectivity index (χ3v) is 5.52. The lowest BCUT2D eigenvalue weighted by Crippen LogP contribution is -2.11. The summed E-state index contributed by atoms with van der Waals surface area (Å²) < 4.78 is 11.2. The lowest BCUT2D eigenvalue weighted by molar-refractivity contribution is -0.384. The minimum Gasteiger partial charge on any atom is -0.494 e. The summed E-state index contributed by atoms with van der Waals surface area (Å²) in [5.41, 5.74) is 3.90. The highest BCUT2D eigenvalue weighted by Gasteiger charge is 2.16. The Morgan fingerprint density at radius 2 is 1.81 bits per heavy atom. The summed E-state index contributed by atoms with van der Waals surface area (Å²) in [6.45, 7) is 4.38. The summed E-state index contributed by atoms with van der Waals surface area (Å²) in [6.07, 6.45) is 0. The quantitative estimate of drug-likeness (QED) is 0.238. The molecule has 1 N–H and O–H groups in total. The minimum absolute atomic E-state index is 0.0582. The van der Waals surface area contributed by atoms with Gasteiger partial charge in [-0.25, -0.2) is 0 Å². The molecule has 1 amide bonds. The van der Waals surface area contributed by atoms with Crippen LogP contribution < -0.4 is 10.1 Å². The number of nitro groups is 1. The van der Waals surface area contributed by atoms with Gasteiger partial charge in [0, 0.05) is 23.4 Å². The lowest BCUT2D eigenvalue weighted by Gasteiger charge is -2.06. The third-order valence-electron chi connectivity index (χ3n) is 5.52. The van der Waals surface area contributed by atoms with Gasteiger partial charge in [-0.1, -0.05) is 12.1 Å². The number of nitro benzene ring substituents is 1. The first-order valence-corrected chi connectivity index (χ1v) is 11.2. The fraction of sp³-hybridized carbons (Fsp3) is 0.115. The van der Waals surface area contributed by atoms with Gasteiger partial charge in [0.15, 0.2) is 5.76 Å². The molecule has 5 rings (SSSR count). The number of nitrogens with zero attached hydrogens (tertiary/aromatic N) is 4. The summed E-state index contributed by atoms with van der Waals surface area (Å²) in [6, 6.07) is 20.2. The van der Waals surface area contributed by atoms with Crippen LogP contribution in [0.3, 0.4) is 0 Å². The number of nitrogens with one attached hydrogen (secondary N) is 1. The maximum atomic E-state index is 12.9. The number of hydrogen-bond acceptors (Lipinski definition) is 7. The number of benzene rings is 3. The van der Waals surface area contributed by atoms with Crippen molar-refractivity contribution in [2.45, 2.75) is 13.8 Å². The molecule has 5 aromatic rings. The zero-order valence-electron chi connectivity index (χ0n) is 19.5. The summed E-state index contributed by atoms with van der Waals surface area (Å²) in [5.74, 6) is 0.752. The fourth-order valence-electron chi connectivity index (χ4n) is 3.73. The normalized spacial score (nSPS) is 10.9. The van der Waals surface area contributed by atoms with Gasteiger partial charge in [0.25, 0.3) is 11.6 Å². The van der Waals surface area contributed by atoms with Gasteiger partial charge in [-0.05, 0) is 67.9 Å². The van der Waals surface area contributed by atoms with Crippen molar-refractivity contribution < 1.29 is 18.9 Å². The Balaban J connectivity index is 1.37. The number of furan rings is 1. The Hall–Kier alpha value is -4.99. The predicted molar refractivity (Wildman–Crippen MR) is 134 cm³/mol. The van der Waals surface area contributed by atoms with Crippen LogP contribution in [0.1, 0.15) is 23.0 Å². The standard InChI is InChI=1S/C26H21N5O5/c1-3-35-20-9-7-18(8-10-20)30-28-22-13-16(2)21(15-23(22)29-30)27-26(32)25-12-11-24(36-25)17-5-4-6-19(14-17)31(33)34/h4-15H,3H2,1-2H3,(H,27,32). The zero-order chi connectivity index (χ0) is 25.2. The molecule has 36 heavy (non-hydrogen) atoms. The van der Waals surface area contributed by atoms with Crippen molar-refractivity contribution in [3.63, 3.8) is 0 Å². The molecule has 0 aliphatic rings. The van der Waals surface area contributed by atoms with Gasteiger partial charge in [-0.15, -0.1) is 10.2 Å². The molecular formula is C26H21N5O5. The van der Waals surface area contributed by atoms with Crippen molar-refractivity contribution in [3.05, 3.63) is 94.2 Å². The van der Waals surface area contributed by atoms with E-state index in [2.05, 4.69) is 15.5 Å². The molecule has 0 aliphatic carbocycles. The van der Waals surface area contributed by atoms with E-state index in [0.29, 0.717) is 34.7 Å². The van der Waals surface area contributed by atoms with Crippen LogP contribution in [0, 0.1) is 17.0 Å². The first kappa shape index (κ1) is 22.8. The number of hydrogen-bond donors (Lipinski definition) is 1. The third kappa shape index (κ3) is 4.51. The molecule has 0 bridgehead atoms. The molecule has 0 radical (unpaired) electrons. The van der Waals surface area contributed by atoms with Crippen LogP contribution in [0.15, 0.2) is 77.2 Å². The maximum absolute atomic E-state index is 12.9. The van der Waals surface area contributed by atoms with E-state index < -0.39 is 10.8 Å². The summed E-state index contributed by atoms with van der Waals surface area (Å²) in [7, 11) is 0. The second-order valence-electron chi connectivity index (χ2n) is 8.00. The highest BCUT2D eigenvalue weighted by molar-refractivity contribution is 6.04. The molecule has 0 unspecified atom stereocenters. The summed E-state index contributed by atoms with van der Waals surface area (Å²) in [4.78, 5) is 25.0. The Kier molecular flexibility index (Phi) is 5.91. The Morgan fingerprint density at radius 3 is 2.53 bits per heavy atom. The van der Waals surface area contributed by atoms with E-state index in [1.165, 1.54) is 23.0 Å². The van der Waals surface area contributed by atoms with E-state index in [-0.39, 0.29) is 11.4 Å². The van der Waals surface area contributed by atoms with E-state index in [1.807, 2.05) is 44.2 Å². The fourth-order valence-corrected chi connectivity index (χ4v) is 3.73. The molecule has 2 heterocycles. The van der Waals surface area contributed by atoms with Gasteiger partial charge in [0.2, 0.25) is 0 Å². The highest BCUT2D eigenvalue weighted by atomic mass is 16.6. The van der Waals surface area contributed by atoms with Crippen LogP contribution in [-0.2, 0) is 0 Å². The molecule has 0 spiro atoms. The molecule has 10 heteroatoms. The average molecular weight is 483 g/mol. The van der Waals surface area contributed by atoms with Crippen molar-refractivity contribution >= 4 is 28.3 Å². The first-order valence-electron chi connectivity index (χ1n) is 11.2. The van der Waals surface area contributed by atoms with Gasteiger partial charge in [0.1, 0.15) is 22.5 Å². The Morgan fingerprint density at radius 1 is 1.06 bits per heavy atom. The van der Waals surface area contributed by atoms with Crippen molar-refractivity contribution in [3.8, 4) is 22.8 Å². The van der Waals surface area contributed by atoms with Crippen molar-refractivity contribution in [1.82, 2.24) is 15.0 Å². The van der Waals surface area contributed by atoms with Crippen LogP contribution in [0.2, 0.25) is 0 Å². The molecule has 180 valence electrons. The van der Waals surface area contributed by atoms with Crippen LogP contribution in [-0.4, -0.2) is 32.4 Å². The van der Waals surface area contributed by atoms with E-state index >= 15 is 0 Å². The molecule has 0 aliphatic heterocycles. The van der Waals surface area contributed by atoms with Gasteiger partial charge < -0.3 is 14.5 Å². The van der Waals surface area contributed by atoms with E-state index in [0.717, 1.165) is 17.0 Å². The molecule has 0 atom stereocenters. The first-order chi connectivity index (χ1) is 17.4. The van der Waals surface area contributed by atoms with Crippen molar-refractivity contribution in [2.75, 3.05) is 11.9 Å². The van der Waals surface area contributed by atoms with Crippen molar-refractivity contribution in [2.24, 2.45) is 0 Å². The monoisotopic (exact) mass is 483 g/mol. The number of carbonyl (C=O) groups excluding carboxylic acids is 1. The molecule has 10 nitrogen and oxygen atoms in total. The second-order valence-corrected chi connectivity index (χ2v) is 8.00. The highest BCUT2D eigenvalue weighted by Crippen LogP contribution is 2.27. The molecular weight excluding hydrogens is 462 g/mol. The zero-order valence-corrected chi connectivity index (χ0v) is 19.5. The smallest absolute Gasteiger partial charge is 0.291 e. The van der Waals surface area contributed by atoms with Gasteiger partial charge >= 0.3 is 0 Å². The van der Waals surface area contributed by atoms with Gasteiger partial charge in [0.05, 0.1) is 17.2 Å². The Labute approximate surface area is 205 Å². The Bertz CT molecular complexity index is 1590. The van der Waals surface area contributed by atoms with Crippen LogP contribution in [0.4, 0.5) is 11.4 Å². The number of aromatic nitrogens is 3. The number of non-ortho nitro benzene ring substituents is 1. The van der Waals surface area contributed by atoms with E-state index in [4.69, 9.17) is 9.15 Å². The molecule has 3 aromatic carbocycles. The van der Waals surface area contributed by atoms with Crippen LogP contribution in [0.25, 0.3) is 28.0 Å². The lowest BCUT2D eigenvalue weighted by atomic mass is 10.1. The number of aryl methyl sites for hydroxylation is 1. The number of carbonyl (C=O) groups is 1. The summed E-state index contributed by atoms with van der Waals surface area (Å²) >= 11 is 0. The summed E-state index contributed by atoms with van der Waals surface area (Å²) in [5, 5.41) is 23.0. The number of fused-ring (bicyclic) bond motifs is 1. The minimum atomic E-state index is -0.481. The van der Waals surface area contributed by atoms with Crippen LogP contribution >= 0.6 is 0 Å². The molecule has 0 saturated heterocycles. The molecule has 0 fully saturated rings. The van der Waals surface area contributed by atoms with Gasteiger partial charge in [-0.3, -0.25) is 14.9 Å². The number of amides is 1. The number of ether oxygens (including phenoxy) is 1. The predicted octanol–water partition coefficient (Wildman–Crippen LogP) is 5.55. The topological polar surface area (TPSA) is 125 Å². The number of rotatable bonds is 7. The SMILES string of the molecule is CCOc1ccc(-n2nc3cc(C)c(NC(=O)c4ccc(-c5cccc([N+](=O)[O-])c5)o4)cc3n2)cc1. The number of anilines is 1. The van der Waals surface area contributed by atoms with E-state index in [1.54, 1.807) is 24.3 Å². The second kappa shape index (κ2) is 9.34. The molecule has 0 saturated carbocycles. The largest absolute Gasteiger partial charge is 0.494 e. The average Bonchev–Trinajstić information content (AvgIpc) is 3.53. The van der Waals surface area contributed by atoms with Crippen molar-refractivity contribution in [1.29, 1.82) is 0 Å². The van der Waals surface area contributed by atoms with Crippen LogP contribution in [0.5, 0.6) is 5.75 Å². The van der Waals surface area contributed by atoms with Gasteiger partial charge in [-0.2, -0.15) is 4.80 Å². The molecule has 2 aromatic heterocycles.